The number of thiazole rings is 1. The molecule has 1 unspecified atom stereocenters. The largest absolute Gasteiger partial charge is 0.463 e. The van der Waals surface area contributed by atoms with Gasteiger partial charge >= 0.3 is 5.97 Å². The number of halogens is 2. The van der Waals surface area contributed by atoms with Crippen LogP contribution in [0.25, 0.3) is 23.1 Å². The zero-order valence-corrected chi connectivity index (χ0v) is 24.0. The van der Waals surface area contributed by atoms with Crippen molar-refractivity contribution < 1.29 is 13.9 Å². The average molecular weight is 602 g/mol. The fraction of sp³-hybridized carbons (Fsp3) is 0.0938. The molecule has 5 aromatic rings. The summed E-state index contributed by atoms with van der Waals surface area (Å²) < 4.78 is 13.5. The molecule has 1 atom stereocenters. The second-order valence-electron chi connectivity index (χ2n) is 9.17. The predicted octanol–water partition coefficient (Wildman–Crippen LogP) is 6.50. The van der Waals surface area contributed by atoms with Crippen molar-refractivity contribution in [1.29, 1.82) is 0 Å². The third kappa shape index (κ3) is 5.20. The molecule has 1 aliphatic rings. The number of aromatic nitrogens is 1. The van der Waals surface area contributed by atoms with Crippen LogP contribution in [0.2, 0.25) is 10.0 Å². The summed E-state index contributed by atoms with van der Waals surface area (Å²) in [7, 11) is 0. The molecule has 204 valence electrons. The molecule has 0 aliphatic carbocycles. The van der Waals surface area contributed by atoms with E-state index in [0.717, 1.165) is 11.1 Å². The van der Waals surface area contributed by atoms with Crippen molar-refractivity contribution in [3.63, 3.8) is 0 Å². The molecule has 1 aliphatic heterocycles. The van der Waals surface area contributed by atoms with Gasteiger partial charge in [-0.3, -0.25) is 9.36 Å². The van der Waals surface area contributed by atoms with Crippen LogP contribution in [-0.4, -0.2) is 17.1 Å². The number of nitrogens with zero attached hydrogens (tertiary/aromatic N) is 2. The molecule has 0 spiro atoms. The van der Waals surface area contributed by atoms with Crippen LogP contribution in [0.15, 0.2) is 111 Å². The third-order valence-corrected chi connectivity index (χ3v) is 8.13. The molecule has 3 heterocycles. The minimum absolute atomic E-state index is 0.188. The number of hydrogen-bond acceptors (Lipinski definition) is 6. The highest BCUT2D eigenvalue weighted by atomic mass is 35.5. The van der Waals surface area contributed by atoms with E-state index in [2.05, 4.69) is 0 Å². The Balaban J connectivity index is 1.55. The molecule has 0 amide bonds. The molecule has 6 nitrogen and oxygen atoms in total. The molecule has 41 heavy (non-hydrogen) atoms. The second-order valence-corrected chi connectivity index (χ2v) is 11.0. The Kier molecular flexibility index (Phi) is 7.49. The van der Waals surface area contributed by atoms with E-state index < -0.39 is 12.0 Å². The van der Waals surface area contributed by atoms with Crippen LogP contribution in [0, 0.1) is 0 Å². The van der Waals surface area contributed by atoms with E-state index in [1.807, 2.05) is 60.7 Å². The highest BCUT2D eigenvalue weighted by Gasteiger charge is 2.35. The first-order chi connectivity index (χ1) is 19.9. The van der Waals surface area contributed by atoms with Gasteiger partial charge in [0.15, 0.2) is 4.80 Å². The Morgan fingerprint density at radius 1 is 1.02 bits per heavy atom. The lowest BCUT2D eigenvalue weighted by Gasteiger charge is -2.25. The van der Waals surface area contributed by atoms with Gasteiger partial charge in [0, 0.05) is 22.2 Å². The van der Waals surface area contributed by atoms with E-state index in [1.54, 1.807) is 47.9 Å². The van der Waals surface area contributed by atoms with Gasteiger partial charge in [0.1, 0.15) is 11.5 Å². The first-order valence-corrected chi connectivity index (χ1v) is 14.4. The predicted molar refractivity (Wildman–Crippen MR) is 162 cm³/mol. The fourth-order valence-corrected chi connectivity index (χ4v) is 6.15. The van der Waals surface area contributed by atoms with Gasteiger partial charge in [-0.05, 0) is 42.8 Å². The Hall–Kier alpha value is -4.17. The number of esters is 1. The number of rotatable bonds is 6. The van der Waals surface area contributed by atoms with Crippen LogP contribution in [0.4, 0.5) is 0 Å². The summed E-state index contributed by atoms with van der Waals surface area (Å²) in [6.45, 7) is 1.94. The van der Waals surface area contributed by atoms with Crippen LogP contribution < -0.4 is 14.9 Å². The average Bonchev–Trinajstić information content (AvgIpc) is 3.58. The normalized spacial score (nSPS) is 15.0. The number of benzene rings is 3. The number of fused-ring (bicyclic) bond motifs is 1. The lowest BCUT2D eigenvalue weighted by atomic mass is 9.93. The number of carbonyl (C=O) groups excluding carboxylic acids is 1. The van der Waals surface area contributed by atoms with Crippen LogP contribution in [0.5, 0.6) is 0 Å². The summed E-state index contributed by atoms with van der Waals surface area (Å²) in [5, 5.41) is 1.03. The number of ether oxygens (including phenoxy) is 1. The van der Waals surface area contributed by atoms with Gasteiger partial charge in [0.05, 0.1) is 33.5 Å². The van der Waals surface area contributed by atoms with Crippen LogP contribution >= 0.6 is 34.5 Å². The summed E-state index contributed by atoms with van der Waals surface area (Å²) >= 11 is 13.7. The molecular formula is C32H22Cl2N2O4S. The van der Waals surface area contributed by atoms with Crippen molar-refractivity contribution in [2.24, 2.45) is 4.99 Å². The second kappa shape index (κ2) is 11.4. The molecule has 0 N–H and O–H groups in total. The number of furan rings is 1. The van der Waals surface area contributed by atoms with Crippen molar-refractivity contribution in [2.75, 3.05) is 6.61 Å². The van der Waals surface area contributed by atoms with Crippen molar-refractivity contribution in [3.05, 3.63) is 143 Å². The summed E-state index contributed by atoms with van der Waals surface area (Å²) in [5.41, 5.74) is 2.65. The minimum atomic E-state index is -0.735. The number of hydrogen-bond donors (Lipinski definition) is 0. The summed E-state index contributed by atoms with van der Waals surface area (Å²) in [6, 6.07) is 26.8. The summed E-state index contributed by atoms with van der Waals surface area (Å²) in [4.78, 5) is 32.8. The lowest BCUT2D eigenvalue weighted by Crippen LogP contribution is -2.39. The van der Waals surface area contributed by atoms with Gasteiger partial charge in [-0.2, -0.15) is 0 Å². The third-order valence-electron chi connectivity index (χ3n) is 6.58. The van der Waals surface area contributed by atoms with Crippen molar-refractivity contribution in [3.8, 4) is 11.3 Å². The quantitative estimate of drug-likeness (QED) is 0.208. The van der Waals surface area contributed by atoms with Crippen molar-refractivity contribution >= 4 is 52.3 Å². The van der Waals surface area contributed by atoms with Gasteiger partial charge in [-0.15, -0.1) is 0 Å². The standard InChI is InChI=1S/C32H22Cl2N2O4S/c1-2-39-31(38)27-28(19-9-5-3-6-10-19)35-32-36(29(27)20-11-7-4-8-12-20)30(37)26(41-32)18-22-14-16-25(40-22)23-17-21(33)13-15-24(23)34/h3-18,29H,2H2,1H3/b26-18-. The molecule has 3 aromatic carbocycles. The van der Waals surface area contributed by atoms with Gasteiger partial charge in [0.2, 0.25) is 0 Å². The molecule has 0 bridgehead atoms. The van der Waals surface area contributed by atoms with Crippen molar-refractivity contribution in [2.45, 2.75) is 13.0 Å². The van der Waals surface area contributed by atoms with E-state index in [-0.39, 0.29) is 12.2 Å². The Labute approximate surface area is 249 Å². The highest BCUT2D eigenvalue weighted by Crippen LogP contribution is 2.35. The van der Waals surface area contributed by atoms with E-state index in [9.17, 15) is 9.59 Å². The Morgan fingerprint density at radius 3 is 2.49 bits per heavy atom. The van der Waals surface area contributed by atoms with Crippen LogP contribution in [0.1, 0.15) is 29.9 Å². The molecule has 6 rings (SSSR count). The fourth-order valence-electron chi connectivity index (χ4n) is 4.78. The Bertz CT molecular complexity index is 1980. The molecule has 0 fully saturated rings. The van der Waals surface area contributed by atoms with E-state index >= 15 is 0 Å². The SMILES string of the molecule is CCOC(=O)C1=C(c2ccccc2)N=c2s/c(=C\c3ccc(-c4cc(Cl)ccc4Cl)o3)c(=O)n2C1c1ccccc1. The van der Waals surface area contributed by atoms with Gasteiger partial charge in [-0.1, -0.05) is 95.2 Å². The van der Waals surface area contributed by atoms with Crippen LogP contribution in [0.3, 0.4) is 0 Å². The van der Waals surface area contributed by atoms with Gasteiger partial charge in [0.25, 0.3) is 5.56 Å². The highest BCUT2D eigenvalue weighted by molar-refractivity contribution is 7.07. The maximum Gasteiger partial charge on any atom is 0.338 e. The van der Waals surface area contributed by atoms with Crippen molar-refractivity contribution in [1.82, 2.24) is 4.57 Å². The zero-order valence-electron chi connectivity index (χ0n) is 21.7. The van der Waals surface area contributed by atoms with E-state index in [0.29, 0.717) is 47.7 Å². The molecule has 0 saturated heterocycles. The van der Waals surface area contributed by atoms with E-state index in [1.165, 1.54) is 11.3 Å². The first kappa shape index (κ1) is 27.0. The first-order valence-electron chi connectivity index (χ1n) is 12.8. The maximum atomic E-state index is 14.0. The van der Waals surface area contributed by atoms with Crippen LogP contribution in [-0.2, 0) is 9.53 Å². The van der Waals surface area contributed by atoms with Gasteiger partial charge in [-0.25, -0.2) is 9.79 Å². The lowest BCUT2D eigenvalue weighted by molar-refractivity contribution is -0.138. The minimum Gasteiger partial charge on any atom is -0.463 e. The molecule has 9 heteroatoms. The maximum absolute atomic E-state index is 14.0. The summed E-state index contributed by atoms with van der Waals surface area (Å²) in [5.74, 6) is 0.465. The zero-order chi connectivity index (χ0) is 28.5. The number of carbonyl (C=O) groups is 1. The molecule has 0 radical (unpaired) electrons. The molecule has 2 aromatic heterocycles. The monoisotopic (exact) mass is 600 g/mol. The summed E-state index contributed by atoms with van der Waals surface area (Å²) in [6.07, 6.45) is 1.67. The Morgan fingerprint density at radius 2 is 1.76 bits per heavy atom. The molecule has 0 saturated carbocycles. The topological polar surface area (TPSA) is 73.8 Å². The van der Waals surface area contributed by atoms with E-state index in [4.69, 9.17) is 37.3 Å². The smallest absolute Gasteiger partial charge is 0.338 e. The molecular weight excluding hydrogens is 579 g/mol. The van der Waals surface area contributed by atoms with Gasteiger partial charge < -0.3 is 9.15 Å².